The Labute approximate surface area is 49.8 Å². The van der Waals surface area contributed by atoms with Crippen LogP contribution in [0.4, 0.5) is 0 Å². The summed E-state index contributed by atoms with van der Waals surface area (Å²) in [5.41, 5.74) is 0. The number of ether oxygens (including phenoxy) is 2. The maximum atomic E-state index is 4.73. The van der Waals surface area contributed by atoms with Gasteiger partial charge in [-0.1, -0.05) is 5.92 Å². The van der Waals surface area contributed by atoms with E-state index in [4.69, 9.17) is 4.74 Å². The third-order valence-corrected chi connectivity index (χ3v) is 0.605. The number of methoxy groups -OCH3 is 2. The van der Waals surface area contributed by atoms with Gasteiger partial charge < -0.3 is 9.47 Å². The largest absolute Gasteiger partial charge is 0.450 e. The van der Waals surface area contributed by atoms with Crippen LogP contribution in [0.25, 0.3) is 0 Å². The van der Waals surface area contributed by atoms with Gasteiger partial charge in [0.2, 0.25) is 0 Å². The second-order valence-corrected chi connectivity index (χ2v) is 1.23. The molecule has 0 aliphatic heterocycles. The lowest BCUT2D eigenvalue weighted by molar-refractivity contribution is 0.205. The average molecular weight is 114 g/mol. The Kier molecular flexibility index (Phi) is 5.78. The van der Waals surface area contributed by atoms with Crippen molar-refractivity contribution in [2.75, 3.05) is 20.8 Å². The van der Waals surface area contributed by atoms with Crippen LogP contribution in [0.5, 0.6) is 0 Å². The van der Waals surface area contributed by atoms with Crippen LogP contribution >= 0.6 is 0 Å². The molecular formula is C6H10O2. The quantitative estimate of drug-likeness (QED) is 0.387. The highest BCUT2D eigenvalue weighted by Gasteiger charge is 1.73. The van der Waals surface area contributed by atoms with Crippen molar-refractivity contribution in [3.8, 4) is 12.0 Å². The van der Waals surface area contributed by atoms with Crippen LogP contribution in [0.15, 0.2) is 0 Å². The first-order valence-corrected chi connectivity index (χ1v) is 2.41. The molecule has 46 valence electrons. The van der Waals surface area contributed by atoms with Crippen molar-refractivity contribution in [1.82, 2.24) is 0 Å². The molecule has 0 amide bonds. The Bertz CT molecular complexity index is 88.4. The van der Waals surface area contributed by atoms with Gasteiger partial charge in [-0.3, -0.25) is 0 Å². The molecule has 0 saturated carbocycles. The minimum absolute atomic E-state index is 0.677. The predicted molar refractivity (Wildman–Crippen MR) is 31.3 cm³/mol. The van der Waals surface area contributed by atoms with Crippen LogP contribution in [0.2, 0.25) is 0 Å². The van der Waals surface area contributed by atoms with Crippen molar-refractivity contribution < 1.29 is 9.47 Å². The standard InChI is InChI=1S/C6H10O2/c1-7-5-3-4-6-8-2/h3,5H2,1-2H3. The normalized spacial score (nSPS) is 7.25. The summed E-state index contributed by atoms with van der Waals surface area (Å²) in [6, 6.07) is 0. The monoisotopic (exact) mass is 114 g/mol. The summed E-state index contributed by atoms with van der Waals surface area (Å²) < 4.78 is 9.20. The fourth-order valence-electron chi connectivity index (χ4n) is 0.276. The lowest BCUT2D eigenvalue weighted by Crippen LogP contribution is -1.83. The van der Waals surface area contributed by atoms with Crippen LogP contribution in [0.3, 0.4) is 0 Å². The number of rotatable bonds is 2. The minimum Gasteiger partial charge on any atom is -0.450 e. The Morgan fingerprint density at radius 1 is 1.38 bits per heavy atom. The molecular weight excluding hydrogens is 104 g/mol. The summed E-state index contributed by atoms with van der Waals surface area (Å²) in [5.74, 6) is 2.74. The zero-order chi connectivity index (χ0) is 6.24. The zero-order valence-electron chi connectivity index (χ0n) is 5.23. The number of hydrogen-bond acceptors (Lipinski definition) is 2. The smallest absolute Gasteiger partial charge is 0.109 e. The van der Waals surface area contributed by atoms with Gasteiger partial charge in [-0.2, -0.15) is 0 Å². The molecule has 8 heavy (non-hydrogen) atoms. The average Bonchev–Trinajstić information content (AvgIpc) is 1.81. The minimum atomic E-state index is 0.677. The Morgan fingerprint density at radius 3 is 2.62 bits per heavy atom. The first-order chi connectivity index (χ1) is 3.91. The predicted octanol–water partition coefficient (Wildman–Crippen LogP) is 0.630. The highest BCUT2D eigenvalue weighted by molar-refractivity contribution is 4.90. The molecule has 0 N–H and O–H groups in total. The molecule has 0 heterocycles. The summed E-state index contributed by atoms with van der Waals surface area (Å²) in [6.45, 7) is 0.677. The van der Waals surface area contributed by atoms with Crippen molar-refractivity contribution in [1.29, 1.82) is 0 Å². The SMILES string of the molecule is COC#CCCOC. The van der Waals surface area contributed by atoms with Gasteiger partial charge in [0.15, 0.2) is 0 Å². The van der Waals surface area contributed by atoms with Crippen LogP contribution in [-0.4, -0.2) is 20.8 Å². The fraction of sp³-hybridized carbons (Fsp3) is 0.667. The Morgan fingerprint density at radius 2 is 2.12 bits per heavy atom. The molecule has 0 aliphatic rings. The van der Waals surface area contributed by atoms with Crippen LogP contribution in [0.1, 0.15) is 6.42 Å². The lowest BCUT2D eigenvalue weighted by Gasteiger charge is -1.85. The van der Waals surface area contributed by atoms with Crippen LogP contribution in [0, 0.1) is 12.0 Å². The van der Waals surface area contributed by atoms with Gasteiger partial charge in [0.1, 0.15) is 6.11 Å². The second-order valence-electron chi connectivity index (χ2n) is 1.23. The third-order valence-electron chi connectivity index (χ3n) is 0.605. The van der Waals surface area contributed by atoms with E-state index in [9.17, 15) is 0 Å². The van der Waals surface area contributed by atoms with E-state index in [1.54, 1.807) is 14.2 Å². The van der Waals surface area contributed by atoms with Crippen molar-refractivity contribution >= 4 is 0 Å². The van der Waals surface area contributed by atoms with E-state index >= 15 is 0 Å². The third kappa shape index (κ3) is 5.32. The van der Waals surface area contributed by atoms with Crippen LogP contribution < -0.4 is 0 Å². The van der Waals surface area contributed by atoms with Crippen molar-refractivity contribution in [3.63, 3.8) is 0 Å². The molecule has 2 nitrogen and oxygen atoms in total. The van der Waals surface area contributed by atoms with Crippen molar-refractivity contribution in [2.45, 2.75) is 6.42 Å². The number of hydrogen-bond donors (Lipinski definition) is 0. The maximum Gasteiger partial charge on any atom is 0.109 e. The summed E-state index contributed by atoms with van der Waals surface area (Å²) in [5, 5.41) is 0. The Balaban J connectivity index is 2.90. The van der Waals surface area contributed by atoms with E-state index in [0.717, 1.165) is 6.42 Å². The molecule has 2 heteroatoms. The van der Waals surface area contributed by atoms with Gasteiger partial charge in [0.25, 0.3) is 0 Å². The van der Waals surface area contributed by atoms with Gasteiger partial charge >= 0.3 is 0 Å². The van der Waals surface area contributed by atoms with Gasteiger partial charge in [-0.25, -0.2) is 0 Å². The highest BCUT2D eigenvalue weighted by Crippen LogP contribution is 1.74. The van der Waals surface area contributed by atoms with Crippen LogP contribution in [-0.2, 0) is 9.47 Å². The molecule has 0 radical (unpaired) electrons. The van der Waals surface area contributed by atoms with Crippen molar-refractivity contribution in [2.24, 2.45) is 0 Å². The van der Waals surface area contributed by atoms with E-state index in [-0.39, 0.29) is 0 Å². The lowest BCUT2D eigenvalue weighted by atomic mass is 10.5. The van der Waals surface area contributed by atoms with Gasteiger partial charge in [-0.05, 0) is 0 Å². The molecule has 0 rings (SSSR count). The molecule has 0 saturated heterocycles. The first-order valence-electron chi connectivity index (χ1n) is 2.41. The van der Waals surface area contributed by atoms with Gasteiger partial charge in [0.05, 0.1) is 13.7 Å². The second kappa shape index (κ2) is 6.32. The molecule has 0 aliphatic carbocycles. The zero-order valence-corrected chi connectivity index (χ0v) is 5.23. The van der Waals surface area contributed by atoms with E-state index in [2.05, 4.69) is 16.8 Å². The molecule has 0 aromatic heterocycles. The van der Waals surface area contributed by atoms with E-state index < -0.39 is 0 Å². The molecule has 0 bridgehead atoms. The molecule has 0 aromatic carbocycles. The maximum absolute atomic E-state index is 4.73. The Hall–Kier alpha value is -0.680. The van der Waals surface area contributed by atoms with Gasteiger partial charge in [0, 0.05) is 13.5 Å². The highest BCUT2D eigenvalue weighted by atomic mass is 16.5. The molecule has 0 unspecified atom stereocenters. The van der Waals surface area contributed by atoms with E-state index in [0.29, 0.717) is 6.61 Å². The summed E-state index contributed by atoms with van der Waals surface area (Å²) in [7, 11) is 3.19. The van der Waals surface area contributed by atoms with E-state index in [1.807, 2.05) is 0 Å². The first kappa shape index (κ1) is 7.32. The molecule has 0 fully saturated rings. The summed E-state index contributed by atoms with van der Waals surface area (Å²) >= 11 is 0. The summed E-state index contributed by atoms with van der Waals surface area (Å²) in [6.07, 6.45) is 3.19. The van der Waals surface area contributed by atoms with E-state index in [1.165, 1.54) is 0 Å². The molecule has 0 aromatic rings. The van der Waals surface area contributed by atoms with Crippen molar-refractivity contribution in [3.05, 3.63) is 0 Å². The fourth-order valence-corrected chi connectivity index (χ4v) is 0.276. The van der Waals surface area contributed by atoms with Gasteiger partial charge in [-0.15, -0.1) is 0 Å². The summed E-state index contributed by atoms with van der Waals surface area (Å²) in [4.78, 5) is 0. The molecule has 0 atom stereocenters. The topological polar surface area (TPSA) is 18.5 Å². The molecule has 0 spiro atoms.